The van der Waals surface area contributed by atoms with Crippen LogP contribution in [0.15, 0.2) is 24.3 Å². The molecule has 2 amide bonds. The molecule has 1 unspecified atom stereocenters. The van der Waals surface area contributed by atoms with Crippen molar-refractivity contribution in [2.45, 2.75) is 51.0 Å². The van der Waals surface area contributed by atoms with Gasteiger partial charge >= 0.3 is 0 Å². The smallest absolute Gasteiger partial charge is 0.237 e. The molecule has 2 saturated carbocycles. The molecule has 1 heterocycles. The SMILES string of the molecule is COc1ccccc1CCNC(=O)C(C1CCCC1)N1CCN(C(=O)C2CC2)CC1. The van der Waals surface area contributed by atoms with E-state index in [1.807, 2.05) is 23.1 Å². The number of rotatable bonds is 8. The average molecular weight is 414 g/mol. The molecule has 0 aromatic heterocycles. The summed E-state index contributed by atoms with van der Waals surface area (Å²) >= 11 is 0. The topological polar surface area (TPSA) is 61.9 Å². The maximum absolute atomic E-state index is 13.2. The molecule has 1 aromatic carbocycles. The van der Waals surface area contributed by atoms with Crippen LogP contribution < -0.4 is 10.1 Å². The molecule has 2 aliphatic carbocycles. The predicted molar refractivity (Wildman–Crippen MR) is 116 cm³/mol. The lowest BCUT2D eigenvalue weighted by Gasteiger charge is -2.40. The summed E-state index contributed by atoms with van der Waals surface area (Å²) in [7, 11) is 1.68. The molecule has 4 rings (SSSR count). The fourth-order valence-corrected chi connectivity index (χ4v) is 5.09. The van der Waals surface area contributed by atoms with Gasteiger partial charge in [-0.25, -0.2) is 0 Å². The average Bonchev–Trinajstić information content (AvgIpc) is 3.50. The molecule has 1 aliphatic heterocycles. The first-order chi connectivity index (χ1) is 14.7. The van der Waals surface area contributed by atoms with Gasteiger partial charge in [-0.05, 0) is 49.7 Å². The molecular formula is C24H35N3O3. The Morgan fingerprint density at radius 2 is 1.77 bits per heavy atom. The second kappa shape index (κ2) is 9.82. The Morgan fingerprint density at radius 3 is 2.43 bits per heavy atom. The van der Waals surface area contributed by atoms with E-state index in [2.05, 4.69) is 16.3 Å². The summed E-state index contributed by atoms with van der Waals surface area (Å²) in [5.41, 5.74) is 1.12. The summed E-state index contributed by atoms with van der Waals surface area (Å²) in [5.74, 6) is 2.06. The molecule has 30 heavy (non-hydrogen) atoms. The van der Waals surface area contributed by atoms with Crippen LogP contribution in [0.3, 0.4) is 0 Å². The highest BCUT2D eigenvalue weighted by Gasteiger charge is 2.39. The van der Waals surface area contributed by atoms with Crippen LogP contribution in [0.25, 0.3) is 0 Å². The molecule has 6 heteroatoms. The van der Waals surface area contributed by atoms with Gasteiger partial charge in [0.1, 0.15) is 5.75 Å². The van der Waals surface area contributed by atoms with Crippen LogP contribution in [0.2, 0.25) is 0 Å². The number of hydrogen-bond acceptors (Lipinski definition) is 4. The Bertz CT molecular complexity index is 735. The van der Waals surface area contributed by atoms with Crippen molar-refractivity contribution in [1.82, 2.24) is 15.1 Å². The number of hydrogen-bond donors (Lipinski definition) is 1. The molecule has 0 bridgehead atoms. The standard InChI is InChI=1S/C24H35N3O3/c1-30-21-9-5-4-6-18(21)12-13-25-23(28)22(19-7-2-3-8-19)26-14-16-27(17-15-26)24(29)20-10-11-20/h4-6,9,19-20,22H,2-3,7-8,10-17H2,1H3,(H,25,28). The second-order valence-corrected chi connectivity index (χ2v) is 8.98. The maximum Gasteiger partial charge on any atom is 0.237 e. The molecule has 164 valence electrons. The second-order valence-electron chi connectivity index (χ2n) is 8.98. The normalized spacial score (nSPS) is 21.4. The van der Waals surface area contributed by atoms with E-state index in [9.17, 15) is 9.59 Å². The van der Waals surface area contributed by atoms with E-state index in [1.165, 1.54) is 12.8 Å². The monoisotopic (exact) mass is 413 g/mol. The Hall–Kier alpha value is -2.08. The van der Waals surface area contributed by atoms with Crippen molar-refractivity contribution in [2.75, 3.05) is 39.8 Å². The zero-order chi connectivity index (χ0) is 20.9. The number of carbonyl (C=O) groups excluding carboxylic acids is 2. The largest absolute Gasteiger partial charge is 0.496 e. The van der Waals surface area contributed by atoms with Crippen LogP contribution in [-0.2, 0) is 16.0 Å². The van der Waals surface area contributed by atoms with Crippen molar-refractivity contribution in [3.05, 3.63) is 29.8 Å². The third-order valence-corrected chi connectivity index (χ3v) is 6.95. The zero-order valence-electron chi connectivity index (χ0n) is 18.1. The fraction of sp³-hybridized carbons (Fsp3) is 0.667. The van der Waals surface area contributed by atoms with Crippen LogP contribution in [0.1, 0.15) is 44.1 Å². The first-order valence-electron chi connectivity index (χ1n) is 11.6. The summed E-state index contributed by atoms with van der Waals surface area (Å²) in [6.45, 7) is 3.74. The van der Waals surface area contributed by atoms with Gasteiger partial charge in [-0.2, -0.15) is 0 Å². The van der Waals surface area contributed by atoms with Crippen LogP contribution in [0, 0.1) is 11.8 Å². The highest BCUT2D eigenvalue weighted by molar-refractivity contribution is 5.83. The Morgan fingerprint density at radius 1 is 1.07 bits per heavy atom. The summed E-state index contributed by atoms with van der Waals surface area (Å²) in [6.07, 6.45) is 7.57. The van der Waals surface area contributed by atoms with Gasteiger partial charge in [0.2, 0.25) is 11.8 Å². The quantitative estimate of drug-likeness (QED) is 0.711. The molecule has 1 aromatic rings. The summed E-state index contributed by atoms with van der Waals surface area (Å²) < 4.78 is 5.42. The zero-order valence-corrected chi connectivity index (χ0v) is 18.1. The first kappa shape index (κ1) is 21.2. The Labute approximate surface area is 179 Å². The van der Waals surface area contributed by atoms with Crippen molar-refractivity contribution in [1.29, 1.82) is 0 Å². The van der Waals surface area contributed by atoms with E-state index in [0.717, 1.165) is 69.6 Å². The van der Waals surface area contributed by atoms with Gasteiger partial charge < -0.3 is 15.0 Å². The molecule has 0 radical (unpaired) electrons. The minimum Gasteiger partial charge on any atom is -0.496 e. The third-order valence-electron chi connectivity index (χ3n) is 6.95. The number of carbonyl (C=O) groups is 2. The van der Waals surface area contributed by atoms with Crippen LogP contribution in [0.5, 0.6) is 5.75 Å². The van der Waals surface area contributed by atoms with Crippen molar-refractivity contribution >= 4 is 11.8 Å². The maximum atomic E-state index is 13.2. The van der Waals surface area contributed by atoms with Gasteiger partial charge in [0.25, 0.3) is 0 Å². The minimum absolute atomic E-state index is 0.0663. The highest BCUT2D eigenvalue weighted by atomic mass is 16.5. The first-order valence-corrected chi connectivity index (χ1v) is 11.6. The summed E-state index contributed by atoms with van der Waals surface area (Å²) in [4.78, 5) is 30.0. The molecule has 1 N–H and O–H groups in total. The minimum atomic E-state index is -0.0663. The molecule has 0 spiro atoms. The van der Waals surface area contributed by atoms with Gasteiger partial charge in [-0.15, -0.1) is 0 Å². The van der Waals surface area contributed by atoms with Crippen molar-refractivity contribution < 1.29 is 14.3 Å². The van der Waals surface area contributed by atoms with Crippen molar-refractivity contribution in [2.24, 2.45) is 11.8 Å². The number of benzene rings is 1. The third kappa shape index (κ3) is 4.97. The van der Waals surface area contributed by atoms with E-state index >= 15 is 0 Å². The summed E-state index contributed by atoms with van der Waals surface area (Å²) in [5, 5.41) is 3.20. The van der Waals surface area contributed by atoms with E-state index in [4.69, 9.17) is 4.74 Å². The van der Waals surface area contributed by atoms with Crippen molar-refractivity contribution in [3.8, 4) is 5.75 Å². The molecular weight excluding hydrogens is 378 g/mol. The van der Waals surface area contributed by atoms with Crippen molar-refractivity contribution in [3.63, 3.8) is 0 Å². The van der Waals surface area contributed by atoms with E-state index in [-0.39, 0.29) is 17.9 Å². The van der Waals surface area contributed by atoms with E-state index in [1.54, 1.807) is 7.11 Å². The van der Waals surface area contributed by atoms with E-state index < -0.39 is 0 Å². The van der Waals surface area contributed by atoms with Gasteiger partial charge in [0, 0.05) is 38.6 Å². The lowest BCUT2D eigenvalue weighted by Crippen LogP contribution is -2.58. The number of nitrogens with zero attached hydrogens (tertiary/aromatic N) is 2. The van der Waals surface area contributed by atoms with Crippen LogP contribution >= 0.6 is 0 Å². The molecule has 3 aliphatic rings. The molecule has 1 saturated heterocycles. The van der Waals surface area contributed by atoms with E-state index in [0.29, 0.717) is 18.4 Å². The van der Waals surface area contributed by atoms with Gasteiger partial charge in [-0.1, -0.05) is 31.0 Å². The number of nitrogens with one attached hydrogen (secondary N) is 1. The number of ether oxygens (including phenoxy) is 1. The van der Waals surface area contributed by atoms with Gasteiger partial charge in [0.05, 0.1) is 13.2 Å². The lowest BCUT2D eigenvalue weighted by atomic mass is 9.95. The molecule has 3 fully saturated rings. The summed E-state index contributed by atoms with van der Waals surface area (Å²) in [6, 6.07) is 7.91. The number of piperazine rings is 1. The predicted octanol–water partition coefficient (Wildman–Crippen LogP) is 2.47. The number of methoxy groups -OCH3 is 1. The van der Waals surface area contributed by atoms with Gasteiger partial charge in [-0.3, -0.25) is 14.5 Å². The molecule has 6 nitrogen and oxygen atoms in total. The van der Waals surface area contributed by atoms with Crippen LogP contribution in [-0.4, -0.2) is 67.5 Å². The lowest BCUT2D eigenvalue weighted by molar-refractivity contribution is -0.136. The Kier molecular flexibility index (Phi) is 6.93. The van der Waals surface area contributed by atoms with Crippen LogP contribution in [0.4, 0.5) is 0 Å². The number of amides is 2. The number of para-hydroxylation sites is 1. The Balaban J connectivity index is 1.33. The van der Waals surface area contributed by atoms with Gasteiger partial charge in [0.15, 0.2) is 0 Å². The fourth-order valence-electron chi connectivity index (χ4n) is 5.09. The highest BCUT2D eigenvalue weighted by Crippen LogP contribution is 2.33. The molecule has 1 atom stereocenters.